The fraction of sp³-hybridized carbons (Fsp3) is 0.0417. The molecule has 1 heterocycles. The number of hydrogen-bond donors (Lipinski definition) is 1. The third kappa shape index (κ3) is 5.37. The SMILES string of the molecule is O=C(NN1C(=O)/C(=C/c2ccc(OCc3ccccc3)cc2)SC1=S)c1ccc(Cl)cc1. The number of thioether (sulfide) groups is 1. The van der Waals surface area contributed by atoms with Crippen LogP contribution in [0.15, 0.2) is 83.8 Å². The largest absolute Gasteiger partial charge is 0.489 e. The highest BCUT2D eigenvalue weighted by Crippen LogP contribution is 2.31. The van der Waals surface area contributed by atoms with Crippen molar-refractivity contribution in [1.29, 1.82) is 0 Å². The Balaban J connectivity index is 1.39. The van der Waals surface area contributed by atoms with Gasteiger partial charge in [-0.25, -0.2) is 0 Å². The van der Waals surface area contributed by atoms with Crippen LogP contribution in [0, 0.1) is 0 Å². The number of ether oxygens (including phenoxy) is 1. The molecule has 0 atom stereocenters. The summed E-state index contributed by atoms with van der Waals surface area (Å²) in [6.45, 7) is 0.478. The van der Waals surface area contributed by atoms with Crippen molar-refractivity contribution in [1.82, 2.24) is 10.4 Å². The third-order valence-corrected chi connectivity index (χ3v) is 6.09. The molecule has 0 unspecified atom stereocenters. The average molecular weight is 481 g/mol. The number of nitrogens with zero attached hydrogens (tertiary/aromatic N) is 1. The number of halogens is 1. The zero-order chi connectivity index (χ0) is 22.5. The fourth-order valence-electron chi connectivity index (χ4n) is 2.88. The van der Waals surface area contributed by atoms with Crippen LogP contribution in [0.5, 0.6) is 5.75 Å². The maximum absolute atomic E-state index is 12.8. The van der Waals surface area contributed by atoms with E-state index in [0.29, 0.717) is 22.1 Å². The molecular formula is C24H17ClN2O3S2. The molecule has 3 aromatic carbocycles. The maximum atomic E-state index is 12.8. The molecule has 1 aliphatic rings. The molecule has 2 amide bonds. The summed E-state index contributed by atoms with van der Waals surface area (Å²) >= 11 is 12.3. The van der Waals surface area contributed by atoms with Crippen LogP contribution in [0.1, 0.15) is 21.5 Å². The molecular weight excluding hydrogens is 464 g/mol. The Hall–Kier alpha value is -3.13. The molecule has 1 fully saturated rings. The van der Waals surface area contributed by atoms with E-state index in [4.69, 9.17) is 28.6 Å². The molecule has 0 bridgehead atoms. The summed E-state index contributed by atoms with van der Waals surface area (Å²) in [5.74, 6) is -0.0976. The first-order valence-corrected chi connectivity index (χ1v) is 11.2. The van der Waals surface area contributed by atoms with Crippen LogP contribution in [0.25, 0.3) is 6.08 Å². The van der Waals surface area contributed by atoms with Crippen molar-refractivity contribution >= 4 is 57.8 Å². The number of nitrogens with one attached hydrogen (secondary N) is 1. The maximum Gasteiger partial charge on any atom is 0.285 e. The Bertz CT molecular complexity index is 1180. The quantitative estimate of drug-likeness (QED) is 0.374. The second-order valence-corrected chi connectivity index (χ2v) is 8.92. The number of benzene rings is 3. The monoisotopic (exact) mass is 480 g/mol. The van der Waals surface area contributed by atoms with Gasteiger partial charge < -0.3 is 4.74 Å². The minimum atomic E-state index is -0.445. The van der Waals surface area contributed by atoms with Gasteiger partial charge in [0.05, 0.1) is 4.91 Å². The second-order valence-electron chi connectivity index (χ2n) is 6.81. The molecule has 0 spiro atoms. The van der Waals surface area contributed by atoms with E-state index in [2.05, 4.69) is 5.43 Å². The van der Waals surface area contributed by atoms with E-state index in [1.54, 1.807) is 30.3 Å². The van der Waals surface area contributed by atoms with Gasteiger partial charge in [0.2, 0.25) is 0 Å². The highest BCUT2D eigenvalue weighted by molar-refractivity contribution is 8.26. The van der Waals surface area contributed by atoms with Gasteiger partial charge in [-0.1, -0.05) is 65.8 Å². The van der Waals surface area contributed by atoms with Crippen molar-refractivity contribution in [2.75, 3.05) is 0 Å². The first-order valence-electron chi connectivity index (χ1n) is 9.61. The summed E-state index contributed by atoms with van der Waals surface area (Å²) in [7, 11) is 0. The molecule has 1 N–H and O–H groups in total. The zero-order valence-corrected chi connectivity index (χ0v) is 19.0. The van der Waals surface area contributed by atoms with Gasteiger partial charge in [-0.15, -0.1) is 0 Å². The minimum absolute atomic E-state index is 0.256. The lowest BCUT2D eigenvalue weighted by Gasteiger charge is -2.15. The van der Waals surface area contributed by atoms with Crippen molar-refractivity contribution in [3.63, 3.8) is 0 Å². The van der Waals surface area contributed by atoms with Crippen LogP contribution in [0.3, 0.4) is 0 Å². The van der Waals surface area contributed by atoms with Crippen molar-refractivity contribution in [3.05, 3.63) is 105 Å². The lowest BCUT2D eigenvalue weighted by molar-refractivity contribution is -0.123. The van der Waals surface area contributed by atoms with Crippen LogP contribution in [-0.4, -0.2) is 21.1 Å². The van der Waals surface area contributed by atoms with E-state index in [1.807, 2.05) is 54.6 Å². The predicted molar refractivity (Wildman–Crippen MR) is 131 cm³/mol. The normalized spacial score (nSPS) is 14.7. The van der Waals surface area contributed by atoms with Gasteiger partial charge in [-0.2, -0.15) is 5.01 Å². The highest BCUT2D eigenvalue weighted by Gasteiger charge is 2.33. The number of rotatable bonds is 6. The first-order chi connectivity index (χ1) is 15.5. The van der Waals surface area contributed by atoms with E-state index in [9.17, 15) is 9.59 Å². The van der Waals surface area contributed by atoms with E-state index in [-0.39, 0.29) is 10.2 Å². The Morgan fingerprint density at radius 3 is 2.41 bits per heavy atom. The summed E-state index contributed by atoms with van der Waals surface area (Å²) in [5.41, 5.74) is 4.83. The van der Waals surface area contributed by atoms with E-state index >= 15 is 0 Å². The van der Waals surface area contributed by atoms with Gasteiger partial charge in [-0.3, -0.25) is 15.0 Å². The average Bonchev–Trinajstić information content (AvgIpc) is 3.07. The van der Waals surface area contributed by atoms with Crippen LogP contribution in [0.4, 0.5) is 0 Å². The number of thiocarbonyl (C=S) groups is 1. The Morgan fingerprint density at radius 2 is 1.72 bits per heavy atom. The molecule has 4 rings (SSSR count). The van der Waals surface area contributed by atoms with Crippen molar-refractivity contribution in [2.45, 2.75) is 6.61 Å². The molecule has 0 saturated carbocycles. The molecule has 3 aromatic rings. The Morgan fingerprint density at radius 1 is 1.03 bits per heavy atom. The summed E-state index contributed by atoms with van der Waals surface area (Å²) in [6, 6.07) is 23.7. The third-order valence-electron chi connectivity index (χ3n) is 4.54. The van der Waals surface area contributed by atoms with E-state index < -0.39 is 5.91 Å². The minimum Gasteiger partial charge on any atom is -0.489 e. The van der Waals surface area contributed by atoms with Crippen molar-refractivity contribution in [2.24, 2.45) is 0 Å². The number of hydrogen-bond acceptors (Lipinski definition) is 5. The summed E-state index contributed by atoms with van der Waals surface area (Å²) in [6.07, 6.45) is 1.73. The van der Waals surface area contributed by atoms with E-state index in [0.717, 1.165) is 33.6 Å². The van der Waals surface area contributed by atoms with Crippen molar-refractivity contribution in [3.8, 4) is 5.75 Å². The van der Waals surface area contributed by atoms with Crippen LogP contribution in [-0.2, 0) is 11.4 Å². The molecule has 0 radical (unpaired) electrons. The summed E-state index contributed by atoms with van der Waals surface area (Å²) in [4.78, 5) is 25.6. The molecule has 1 saturated heterocycles. The Labute approximate surface area is 200 Å². The van der Waals surface area contributed by atoms with Gasteiger partial charge in [0.25, 0.3) is 11.8 Å². The Kier molecular flexibility index (Phi) is 6.90. The van der Waals surface area contributed by atoms with Crippen LogP contribution >= 0.6 is 35.6 Å². The highest BCUT2D eigenvalue weighted by atomic mass is 35.5. The zero-order valence-electron chi connectivity index (χ0n) is 16.7. The summed E-state index contributed by atoms with van der Waals surface area (Å²) < 4.78 is 6.04. The van der Waals surface area contributed by atoms with Crippen molar-refractivity contribution < 1.29 is 14.3 Å². The van der Waals surface area contributed by atoms with Gasteiger partial charge in [0, 0.05) is 10.6 Å². The van der Waals surface area contributed by atoms with Crippen LogP contribution in [0.2, 0.25) is 5.02 Å². The van der Waals surface area contributed by atoms with Gasteiger partial charge in [0.15, 0.2) is 4.32 Å². The topological polar surface area (TPSA) is 58.6 Å². The fourth-order valence-corrected chi connectivity index (χ4v) is 4.19. The molecule has 8 heteroatoms. The standard InChI is InChI=1S/C24H17ClN2O3S2/c25-19-10-8-18(9-11-19)22(28)26-27-23(29)21(32-24(27)31)14-16-6-12-20(13-7-16)30-15-17-4-2-1-3-5-17/h1-14H,15H2,(H,26,28)/b21-14-. The molecule has 5 nitrogen and oxygen atoms in total. The molecule has 1 aliphatic heterocycles. The number of carbonyl (C=O) groups excluding carboxylic acids is 2. The van der Waals surface area contributed by atoms with Gasteiger partial charge in [-0.05, 0) is 65.8 Å². The predicted octanol–water partition coefficient (Wildman–Crippen LogP) is 5.47. The molecule has 0 aliphatic carbocycles. The second kappa shape index (κ2) is 9.99. The number of carbonyl (C=O) groups is 2. The van der Waals surface area contributed by atoms with Gasteiger partial charge >= 0.3 is 0 Å². The lowest BCUT2D eigenvalue weighted by atomic mass is 10.2. The summed E-state index contributed by atoms with van der Waals surface area (Å²) in [5, 5.41) is 1.60. The lowest BCUT2D eigenvalue weighted by Crippen LogP contribution is -2.44. The number of amides is 2. The van der Waals surface area contributed by atoms with Gasteiger partial charge in [0.1, 0.15) is 12.4 Å². The number of hydrazine groups is 1. The van der Waals surface area contributed by atoms with Crippen LogP contribution < -0.4 is 10.2 Å². The smallest absolute Gasteiger partial charge is 0.285 e. The molecule has 0 aromatic heterocycles. The molecule has 160 valence electrons. The first kappa shape index (κ1) is 22.1. The van der Waals surface area contributed by atoms with E-state index in [1.165, 1.54) is 0 Å². The molecule has 32 heavy (non-hydrogen) atoms.